The Morgan fingerprint density at radius 3 is 2.42 bits per heavy atom. The van der Waals surface area contributed by atoms with Gasteiger partial charge in [-0.3, -0.25) is 4.79 Å². The molecule has 19 heavy (non-hydrogen) atoms. The number of aliphatic carboxylic acids is 1. The predicted octanol–water partition coefficient (Wildman–Crippen LogP) is 3.57. The minimum absolute atomic E-state index is 0.0571. The summed E-state index contributed by atoms with van der Waals surface area (Å²) in [6.45, 7) is 8.23. The molecule has 2 aromatic carbocycles. The van der Waals surface area contributed by atoms with Gasteiger partial charge in [-0.15, -0.1) is 0 Å². The third kappa shape index (κ3) is 2.28. The average molecular weight is 257 g/mol. The van der Waals surface area contributed by atoms with Crippen LogP contribution in [0.3, 0.4) is 0 Å². The fraction of sp³-hybridized carbons (Fsp3) is 0.312. The average Bonchev–Trinajstić information content (AvgIpc) is 2.35. The van der Waals surface area contributed by atoms with Crippen LogP contribution in [-0.4, -0.2) is 17.6 Å². The smallest absolute Gasteiger partial charge is 0.322 e. The van der Waals surface area contributed by atoms with Gasteiger partial charge < -0.3 is 10.4 Å². The van der Waals surface area contributed by atoms with E-state index in [9.17, 15) is 4.79 Å². The molecule has 0 bridgehead atoms. The van der Waals surface area contributed by atoms with Gasteiger partial charge >= 0.3 is 5.97 Å². The van der Waals surface area contributed by atoms with Crippen LogP contribution in [-0.2, 0) is 4.79 Å². The maximum absolute atomic E-state index is 10.7. The van der Waals surface area contributed by atoms with Gasteiger partial charge in [0.15, 0.2) is 0 Å². The van der Waals surface area contributed by atoms with Crippen LogP contribution in [0.1, 0.15) is 22.3 Å². The summed E-state index contributed by atoms with van der Waals surface area (Å²) in [5, 5.41) is 14.3. The SMILES string of the molecule is Cc1c(NCC(=O)O)c(C)c2cccc(C)c2c1C. The lowest BCUT2D eigenvalue weighted by molar-refractivity contribution is -0.134. The first kappa shape index (κ1) is 13.4. The second kappa shape index (κ2) is 4.92. The molecule has 0 amide bonds. The van der Waals surface area contributed by atoms with Gasteiger partial charge in [-0.25, -0.2) is 0 Å². The topological polar surface area (TPSA) is 49.3 Å². The molecule has 0 spiro atoms. The summed E-state index contributed by atoms with van der Waals surface area (Å²) in [6, 6.07) is 6.25. The number of aryl methyl sites for hydroxylation is 3. The Morgan fingerprint density at radius 1 is 1.11 bits per heavy atom. The second-order valence-electron chi connectivity index (χ2n) is 4.99. The molecule has 2 N–H and O–H groups in total. The summed E-state index contributed by atoms with van der Waals surface area (Å²) in [6.07, 6.45) is 0. The number of nitrogens with one attached hydrogen (secondary N) is 1. The standard InChI is InChI=1S/C16H19NO2/c1-9-6-5-7-13-12(4)16(17-8-14(18)19)11(3)10(2)15(9)13/h5-7,17H,8H2,1-4H3,(H,18,19). The molecular formula is C16H19NO2. The molecule has 0 aliphatic carbocycles. The number of anilines is 1. The van der Waals surface area contributed by atoms with Gasteiger partial charge in [0.25, 0.3) is 0 Å². The molecule has 0 saturated carbocycles. The minimum atomic E-state index is -0.846. The van der Waals surface area contributed by atoms with Crippen molar-refractivity contribution in [2.24, 2.45) is 0 Å². The predicted molar refractivity (Wildman–Crippen MR) is 79.0 cm³/mol. The molecule has 0 radical (unpaired) electrons. The monoisotopic (exact) mass is 257 g/mol. The second-order valence-corrected chi connectivity index (χ2v) is 4.99. The van der Waals surface area contributed by atoms with E-state index in [0.717, 1.165) is 16.8 Å². The number of benzene rings is 2. The maximum atomic E-state index is 10.7. The van der Waals surface area contributed by atoms with Crippen LogP contribution in [0.25, 0.3) is 10.8 Å². The molecule has 0 fully saturated rings. The highest BCUT2D eigenvalue weighted by atomic mass is 16.4. The van der Waals surface area contributed by atoms with Gasteiger partial charge in [-0.05, 0) is 60.7 Å². The highest BCUT2D eigenvalue weighted by Gasteiger charge is 2.13. The number of carboxylic acids is 1. The number of rotatable bonds is 3. The Morgan fingerprint density at radius 2 is 1.79 bits per heavy atom. The van der Waals surface area contributed by atoms with Crippen LogP contribution < -0.4 is 5.32 Å². The molecule has 3 nitrogen and oxygen atoms in total. The lowest BCUT2D eigenvalue weighted by Gasteiger charge is -2.18. The molecule has 0 unspecified atom stereocenters. The summed E-state index contributed by atoms with van der Waals surface area (Å²) in [4.78, 5) is 10.7. The number of hydrogen-bond donors (Lipinski definition) is 2. The minimum Gasteiger partial charge on any atom is -0.480 e. The van der Waals surface area contributed by atoms with Crippen LogP contribution in [0.5, 0.6) is 0 Å². The summed E-state index contributed by atoms with van der Waals surface area (Å²) in [7, 11) is 0. The summed E-state index contributed by atoms with van der Waals surface area (Å²) >= 11 is 0. The van der Waals surface area contributed by atoms with E-state index in [1.165, 1.54) is 21.9 Å². The number of fused-ring (bicyclic) bond motifs is 1. The third-order valence-corrected chi connectivity index (χ3v) is 3.78. The molecule has 3 heteroatoms. The fourth-order valence-electron chi connectivity index (χ4n) is 2.70. The van der Waals surface area contributed by atoms with E-state index in [0.29, 0.717) is 0 Å². The highest BCUT2D eigenvalue weighted by Crippen LogP contribution is 2.34. The van der Waals surface area contributed by atoms with Crippen molar-refractivity contribution in [3.63, 3.8) is 0 Å². The molecule has 100 valence electrons. The van der Waals surface area contributed by atoms with Crippen molar-refractivity contribution in [2.45, 2.75) is 27.7 Å². The Hall–Kier alpha value is -2.03. The van der Waals surface area contributed by atoms with Crippen molar-refractivity contribution in [1.82, 2.24) is 0 Å². The largest absolute Gasteiger partial charge is 0.480 e. The van der Waals surface area contributed by atoms with Gasteiger partial charge in [0.2, 0.25) is 0 Å². The summed E-state index contributed by atoms with van der Waals surface area (Å²) < 4.78 is 0. The fourth-order valence-corrected chi connectivity index (χ4v) is 2.70. The molecule has 0 aliphatic heterocycles. The van der Waals surface area contributed by atoms with Crippen LogP contribution in [0.4, 0.5) is 5.69 Å². The Kier molecular flexibility index (Phi) is 3.47. The van der Waals surface area contributed by atoms with Gasteiger partial charge in [0, 0.05) is 5.69 Å². The van der Waals surface area contributed by atoms with Crippen molar-refractivity contribution in [2.75, 3.05) is 11.9 Å². The first-order valence-electron chi connectivity index (χ1n) is 6.38. The number of carbonyl (C=O) groups is 1. The lowest BCUT2D eigenvalue weighted by atomic mass is 9.92. The first-order valence-corrected chi connectivity index (χ1v) is 6.38. The Labute approximate surface area is 113 Å². The summed E-state index contributed by atoms with van der Waals surface area (Å²) in [5.74, 6) is -0.846. The zero-order valence-corrected chi connectivity index (χ0v) is 11.8. The molecule has 0 saturated heterocycles. The van der Waals surface area contributed by atoms with Crippen molar-refractivity contribution in [3.05, 3.63) is 40.5 Å². The van der Waals surface area contributed by atoms with Crippen molar-refractivity contribution in [1.29, 1.82) is 0 Å². The van der Waals surface area contributed by atoms with E-state index in [-0.39, 0.29) is 6.54 Å². The number of hydrogen-bond acceptors (Lipinski definition) is 2. The van der Waals surface area contributed by atoms with Crippen LogP contribution in [0.15, 0.2) is 18.2 Å². The molecule has 0 heterocycles. The normalized spacial score (nSPS) is 10.7. The van der Waals surface area contributed by atoms with Crippen LogP contribution in [0.2, 0.25) is 0 Å². The van der Waals surface area contributed by atoms with Crippen molar-refractivity contribution >= 4 is 22.4 Å². The van der Waals surface area contributed by atoms with Crippen LogP contribution in [0, 0.1) is 27.7 Å². The highest BCUT2D eigenvalue weighted by molar-refractivity contribution is 5.96. The van der Waals surface area contributed by atoms with Gasteiger partial charge in [-0.2, -0.15) is 0 Å². The molecule has 2 aromatic rings. The maximum Gasteiger partial charge on any atom is 0.322 e. The summed E-state index contributed by atoms with van der Waals surface area (Å²) in [5.41, 5.74) is 5.65. The van der Waals surface area contributed by atoms with Crippen molar-refractivity contribution in [3.8, 4) is 0 Å². The van der Waals surface area contributed by atoms with E-state index in [2.05, 4.69) is 31.3 Å². The lowest BCUT2D eigenvalue weighted by Crippen LogP contribution is -2.14. The molecule has 0 aromatic heterocycles. The quantitative estimate of drug-likeness (QED) is 0.883. The zero-order valence-electron chi connectivity index (χ0n) is 11.8. The van der Waals surface area contributed by atoms with E-state index in [1.807, 2.05) is 19.9 Å². The van der Waals surface area contributed by atoms with E-state index in [1.54, 1.807) is 0 Å². The zero-order chi connectivity index (χ0) is 14.2. The molecule has 0 aliphatic rings. The molecule has 0 atom stereocenters. The van der Waals surface area contributed by atoms with Crippen LogP contribution >= 0.6 is 0 Å². The Bertz CT molecular complexity index is 660. The molecule has 2 rings (SSSR count). The molecular weight excluding hydrogens is 238 g/mol. The van der Waals surface area contributed by atoms with Gasteiger partial charge in [0.05, 0.1) is 0 Å². The van der Waals surface area contributed by atoms with Crippen molar-refractivity contribution < 1.29 is 9.90 Å². The van der Waals surface area contributed by atoms with Gasteiger partial charge in [0.1, 0.15) is 6.54 Å². The third-order valence-electron chi connectivity index (χ3n) is 3.78. The van der Waals surface area contributed by atoms with E-state index < -0.39 is 5.97 Å². The van der Waals surface area contributed by atoms with E-state index in [4.69, 9.17) is 5.11 Å². The number of carboxylic acid groups (broad SMARTS) is 1. The Balaban J connectivity index is 2.70. The van der Waals surface area contributed by atoms with Gasteiger partial charge in [-0.1, -0.05) is 18.2 Å². The first-order chi connectivity index (χ1) is 8.93. The van der Waals surface area contributed by atoms with E-state index >= 15 is 0 Å².